The van der Waals surface area contributed by atoms with Gasteiger partial charge in [0, 0.05) is 37.1 Å². The van der Waals surface area contributed by atoms with Crippen molar-refractivity contribution in [3.8, 4) is 11.5 Å². The Morgan fingerprint density at radius 1 is 1.03 bits per heavy atom. The molecule has 340 valence electrons. The third kappa shape index (κ3) is 14.7. The predicted octanol–water partition coefficient (Wildman–Crippen LogP) is 0.0117. The van der Waals surface area contributed by atoms with Crippen LogP contribution in [0, 0.1) is 5.41 Å². The molecule has 0 saturated carbocycles. The first-order chi connectivity index (χ1) is 28.4. The highest BCUT2D eigenvalue weighted by molar-refractivity contribution is 8.13. The number of fused-ring (bicyclic) bond motifs is 1. The van der Waals surface area contributed by atoms with Crippen molar-refractivity contribution in [3.05, 3.63) is 36.4 Å². The number of benzene rings is 1. The lowest BCUT2D eigenvalue weighted by atomic mass is 9.87. The molecule has 0 radical (unpaired) electrons. The summed E-state index contributed by atoms with van der Waals surface area (Å²) in [6.45, 7) is 0.361. The number of amides is 2. The highest BCUT2D eigenvalue weighted by Crippen LogP contribution is 2.61. The Kier molecular flexibility index (Phi) is 17.4. The number of aryl methyl sites for hydroxylation is 1. The van der Waals surface area contributed by atoms with Crippen LogP contribution in [0.15, 0.2) is 30.9 Å². The monoisotopic (exact) mass is 945 g/mol. The van der Waals surface area contributed by atoms with Gasteiger partial charge in [0.25, 0.3) is 0 Å². The van der Waals surface area contributed by atoms with Crippen molar-refractivity contribution < 1.29 is 90.3 Å². The molecule has 2 unspecified atom stereocenters. The maximum Gasteiger partial charge on any atom is 0.481 e. The van der Waals surface area contributed by atoms with E-state index in [0.29, 0.717) is 12.2 Å². The number of imidazole rings is 1. The van der Waals surface area contributed by atoms with Gasteiger partial charge in [-0.3, -0.25) is 32.5 Å². The van der Waals surface area contributed by atoms with E-state index in [1.54, 1.807) is 12.1 Å². The average Bonchev–Trinajstić information content (AvgIpc) is 3.74. The van der Waals surface area contributed by atoms with Crippen LogP contribution in [0.3, 0.4) is 0 Å². The molecule has 1 fully saturated rings. The number of phenols is 1. The molecule has 0 spiro atoms. The first kappa shape index (κ1) is 50.0. The fourth-order valence-corrected chi connectivity index (χ4v) is 9.00. The quantitative estimate of drug-likeness (QED) is 0.0442. The van der Waals surface area contributed by atoms with Crippen LogP contribution in [-0.4, -0.2) is 135 Å². The summed E-state index contributed by atoms with van der Waals surface area (Å²) in [5, 5.41) is 36.0. The Balaban J connectivity index is 1.18. The second-order valence-corrected chi connectivity index (χ2v) is 19.2. The molecule has 4 rings (SSSR count). The van der Waals surface area contributed by atoms with Crippen molar-refractivity contribution in [3.63, 3.8) is 0 Å². The number of rotatable bonds is 23. The minimum atomic E-state index is -5.59. The summed E-state index contributed by atoms with van der Waals surface area (Å²) in [7, 11) is -15.0. The number of methoxy groups -OCH3 is 1. The minimum Gasteiger partial charge on any atom is -0.504 e. The van der Waals surface area contributed by atoms with Gasteiger partial charge in [-0.25, -0.2) is 28.6 Å². The zero-order valence-corrected chi connectivity index (χ0v) is 36.1. The standard InChI is InChI=1S/C31H46N7O19P3S/c1-31(2,26(43)29(44)34-9-8-21(40)33-10-11-61-22(41)7-5-17-4-6-18(39)19(12-17)52-3)14-54-60(50,51)57-59(48,49)53-13-20-25(56-58(45,46)47)24(42)30(55-20)38-16-37-23-27(32)35-15-36-28(23)38/h4,6,12,15-16,20,24-26,30,39,42-43H,5,7-11,13-14H2,1-3H3,(H,33,40)(H,34,44)(H,48,49)(H,50,51)(H2,32,35,36)(H2,45,46,47)/t20-,24-,25-,26+,30-/m1/s1. The van der Waals surface area contributed by atoms with Crippen LogP contribution in [0.2, 0.25) is 0 Å². The molecule has 3 heterocycles. The summed E-state index contributed by atoms with van der Waals surface area (Å²) < 4.78 is 67.3. The molecule has 61 heavy (non-hydrogen) atoms. The SMILES string of the molecule is COc1cc(CCC(=O)SCCNC(=O)CCNC(=O)[C@H](O)C(C)(C)COP(=O)(O)OP(=O)(O)OC[C@H]2O[C@@H](n3cnc4c(N)ncnc43)[C@H](O)[C@@H]2OP(=O)(O)O)ccc1O. The van der Waals surface area contributed by atoms with E-state index in [1.807, 2.05) is 0 Å². The summed E-state index contributed by atoms with van der Waals surface area (Å²) in [6.07, 6.45) is -6.38. The lowest BCUT2D eigenvalue weighted by molar-refractivity contribution is -0.137. The van der Waals surface area contributed by atoms with Crippen molar-refractivity contribution in [2.75, 3.05) is 44.9 Å². The smallest absolute Gasteiger partial charge is 0.481 e. The fourth-order valence-electron chi connectivity index (χ4n) is 5.49. The average molecular weight is 946 g/mol. The summed E-state index contributed by atoms with van der Waals surface area (Å²) >= 11 is 1.02. The molecule has 7 atom stereocenters. The summed E-state index contributed by atoms with van der Waals surface area (Å²) in [6, 6.07) is 4.78. The Morgan fingerprint density at radius 2 is 1.74 bits per heavy atom. The molecule has 1 aliphatic heterocycles. The fraction of sp³-hybridized carbons (Fsp3) is 0.548. The second kappa shape index (κ2) is 21.2. The number of carbonyl (C=O) groups is 3. The van der Waals surface area contributed by atoms with Crippen molar-refractivity contribution in [1.29, 1.82) is 0 Å². The number of aliphatic hydroxyl groups is 2. The second-order valence-electron chi connectivity index (χ2n) is 13.8. The van der Waals surface area contributed by atoms with Gasteiger partial charge in [-0.15, -0.1) is 0 Å². The van der Waals surface area contributed by atoms with Gasteiger partial charge in [-0.05, 0) is 24.1 Å². The Morgan fingerprint density at radius 3 is 2.43 bits per heavy atom. The number of nitrogens with zero attached hydrogens (tertiary/aromatic N) is 4. The van der Waals surface area contributed by atoms with Gasteiger partial charge >= 0.3 is 23.5 Å². The predicted molar refractivity (Wildman–Crippen MR) is 210 cm³/mol. The van der Waals surface area contributed by atoms with Gasteiger partial charge in [0.05, 0.1) is 26.7 Å². The number of aromatic hydroxyl groups is 1. The van der Waals surface area contributed by atoms with Gasteiger partial charge < -0.3 is 60.7 Å². The third-order valence-electron chi connectivity index (χ3n) is 8.63. The molecule has 2 amide bonds. The molecule has 11 N–H and O–H groups in total. The van der Waals surface area contributed by atoms with E-state index >= 15 is 0 Å². The Labute approximate surface area is 350 Å². The van der Waals surface area contributed by atoms with E-state index in [1.165, 1.54) is 27.0 Å². The number of hydrogen-bond acceptors (Lipinski definition) is 20. The first-order valence-corrected chi connectivity index (χ1v) is 23.3. The number of phosphoric acid groups is 3. The number of thioether (sulfide) groups is 1. The van der Waals surface area contributed by atoms with Gasteiger partial charge in [0.1, 0.15) is 36.3 Å². The number of ether oxygens (including phenoxy) is 2. The maximum atomic E-state index is 12.7. The normalized spacial score (nSPS) is 20.7. The lowest BCUT2D eigenvalue weighted by Gasteiger charge is -2.30. The zero-order chi connectivity index (χ0) is 45.3. The summed E-state index contributed by atoms with van der Waals surface area (Å²) in [4.78, 5) is 88.1. The summed E-state index contributed by atoms with van der Waals surface area (Å²) in [5.74, 6) is -0.952. The number of carbonyl (C=O) groups excluding carboxylic acids is 3. The van der Waals surface area contributed by atoms with Crippen LogP contribution in [-0.2, 0) is 57.1 Å². The molecule has 1 saturated heterocycles. The number of nitrogens with two attached hydrogens (primary N) is 1. The number of phenolic OH excluding ortho intramolecular Hbond substituents is 1. The highest BCUT2D eigenvalue weighted by atomic mass is 32.2. The van der Waals surface area contributed by atoms with E-state index in [4.69, 9.17) is 24.3 Å². The van der Waals surface area contributed by atoms with Crippen LogP contribution in [0.5, 0.6) is 11.5 Å². The number of nitrogens with one attached hydrogen (secondary N) is 2. The Hall–Kier alpha value is -3.62. The minimum absolute atomic E-state index is 0.0150. The van der Waals surface area contributed by atoms with Gasteiger partial charge in [-0.1, -0.05) is 31.7 Å². The van der Waals surface area contributed by atoms with Crippen LogP contribution in [0.4, 0.5) is 5.82 Å². The highest BCUT2D eigenvalue weighted by Gasteiger charge is 2.50. The zero-order valence-electron chi connectivity index (χ0n) is 32.6. The largest absolute Gasteiger partial charge is 0.504 e. The van der Waals surface area contributed by atoms with E-state index in [-0.39, 0.29) is 59.5 Å². The van der Waals surface area contributed by atoms with Crippen molar-refractivity contribution in [2.45, 2.75) is 63.8 Å². The molecule has 1 aromatic carbocycles. The third-order valence-corrected chi connectivity index (χ3v) is 12.7. The van der Waals surface area contributed by atoms with E-state index in [2.05, 4.69) is 34.4 Å². The topological polar surface area (TPSA) is 393 Å². The van der Waals surface area contributed by atoms with E-state index < -0.39 is 84.6 Å². The molecule has 26 nitrogen and oxygen atoms in total. The number of aliphatic hydroxyl groups excluding tert-OH is 2. The molecule has 30 heteroatoms. The molecule has 0 bridgehead atoms. The number of hydrogen-bond donors (Lipinski definition) is 10. The van der Waals surface area contributed by atoms with Crippen LogP contribution in [0.1, 0.15) is 38.5 Å². The van der Waals surface area contributed by atoms with Crippen molar-refractivity contribution in [1.82, 2.24) is 30.2 Å². The Bertz CT molecular complexity index is 2180. The van der Waals surface area contributed by atoms with Crippen molar-refractivity contribution in [2.24, 2.45) is 5.41 Å². The van der Waals surface area contributed by atoms with Crippen LogP contribution in [0.25, 0.3) is 11.2 Å². The van der Waals surface area contributed by atoms with Gasteiger partial charge in [-0.2, -0.15) is 4.31 Å². The number of phosphoric ester groups is 3. The molecule has 2 aromatic heterocycles. The molecular formula is C31H46N7O19P3S. The molecule has 0 aliphatic carbocycles. The van der Waals surface area contributed by atoms with Crippen molar-refractivity contribution >= 4 is 69.1 Å². The summed E-state index contributed by atoms with van der Waals surface area (Å²) in [5.41, 5.74) is 5.03. The van der Waals surface area contributed by atoms with Gasteiger partial charge in [0.2, 0.25) is 11.8 Å². The number of anilines is 1. The maximum absolute atomic E-state index is 12.7. The molecular weight excluding hydrogens is 899 g/mol. The first-order valence-electron chi connectivity index (χ1n) is 17.8. The van der Waals surface area contributed by atoms with Crippen LogP contribution < -0.4 is 21.1 Å². The molecule has 3 aromatic rings. The van der Waals surface area contributed by atoms with Gasteiger partial charge in [0.15, 0.2) is 34.3 Å². The van der Waals surface area contributed by atoms with E-state index in [9.17, 15) is 63.0 Å². The number of nitrogen functional groups attached to an aromatic ring is 1. The van der Waals surface area contributed by atoms with Crippen LogP contribution >= 0.6 is 35.2 Å². The lowest BCUT2D eigenvalue weighted by Crippen LogP contribution is -2.46. The van der Waals surface area contributed by atoms with E-state index in [0.717, 1.165) is 34.5 Å². The number of aromatic nitrogens is 4. The molecule has 1 aliphatic rings.